The SMILES string of the molecule is Cc1nn(Cc2ccccc2)c(C)c1CN(C)C[C@H](O)COc1ccccc1. The van der Waals surface area contributed by atoms with E-state index < -0.39 is 6.10 Å². The van der Waals surface area contributed by atoms with Crippen molar-refractivity contribution in [2.45, 2.75) is 33.0 Å². The maximum atomic E-state index is 10.3. The van der Waals surface area contributed by atoms with Crippen molar-refractivity contribution in [3.63, 3.8) is 0 Å². The molecule has 0 radical (unpaired) electrons. The molecule has 0 aliphatic carbocycles. The lowest BCUT2D eigenvalue weighted by molar-refractivity contribution is 0.0743. The molecule has 1 aromatic heterocycles. The number of likely N-dealkylation sites (N-methyl/N-ethyl adjacent to an activating group) is 1. The number of aromatic nitrogens is 2. The maximum Gasteiger partial charge on any atom is 0.119 e. The van der Waals surface area contributed by atoms with Gasteiger partial charge in [-0.3, -0.25) is 9.58 Å². The molecule has 3 aromatic rings. The topological polar surface area (TPSA) is 50.5 Å². The summed E-state index contributed by atoms with van der Waals surface area (Å²) in [6.45, 7) is 6.49. The molecule has 5 nitrogen and oxygen atoms in total. The summed E-state index contributed by atoms with van der Waals surface area (Å²) in [6, 6.07) is 19.9. The second kappa shape index (κ2) is 9.53. The van der Waals surface area contributed by atoms with Gasteiger partial charge in [-0.15, -0.1) is 0 Å². The van der Waals surface area contributed by atoms with Gasteiger partial charge in [-0.1, -0.05) is 48.5 Å². The van der Waals surface area contributed by atoms with Crippen LogP contribution < -0.4 is 4.74 Å². The molecule has 1 heterocycles. The van der Waals surface area contributed by atoms with Gasteiger partial charge in [0.2, 0.25) is 0 Å². The lowest BCUT2D eigenvalue weighted by Gasteiger charge is -2.21. The van der Waals surface area contributed by atoms with E-state index in [0.717, 1.165) is 24.5 Å². The predicted octanol–water partition coefficient (Wildman–Crippen LogP) is 3.42. The monoisotopic (exact) mass is 379 g/mol. The third-order valence-electron chi connectivity index (χ3n) is 4.84. The summed E-state index contributed by atoms with van der Waals surface area (Å²) >= 11 is 0. The van der Waals surface area contributed by atoms with Gasteiger partial charge in [-0.2, -0.15) is 5.10 Å². The number of para-hydroxylation sites is 1. The molecule has 0 saturated carbocycles. The molecule has 0 spiro atoms. The van der Waals surface area contributed by atoms with Crippen LogP contribution in [0.3, 0.4) is 0 Å². The van der Waals surface area contributed by atoms with Crippen LogP contribution >= 0.6 is 0 Å². The summed E-state index contributed by atoms with van der Waals surface area (Å²) in [4.78, 5) is 2.11. The molecule has 0 unspecified atom stereocenters. The third kappa shape index (κ3) is 5.44. The Morgan fingerprint density at radius 1 is 1.04 bits per heavy atom. The van der Waals surface area contributed by atoms with Crippen LogP contribution in [0.25, 0.3) is 0 Å². The van der Waals surface area contributed by atoms with Gasteiger partial charge in [0.1, 0.15) is 18.5 Å². The van der Waals surface area contributed by atoms with E-state index in [9.17, 15) is 5.11 Å². The Morgan fingerprint density at radius 2 is 1.68 bits per heavy atom. The largest absolute Gasteiger partial charge is 0.491 e. The maximum absolute atomic E-state index is 10.3. The summed E-state index contributed by atoms with van der Waals surface area (Å²) in [6.07, 6.45) is -0.551. The molecule has 0 aliphatic rings. The van der Waals surface area contributed by atoms with E-state index in [2.05, 4.69) is 40.8 Å². The number of aliphatic hydroxyl groups is 1. The Balaban J connectivity index is 1.55. The Bertz CT molecular complexity index is 862. The number of hydrogen-bond acceptors (Lipinski definition) is 4. The average molecular weight is 380 g/mol. The molecule has 1 N–H and O–H groups in total. The number of hydrogen-bond donors (Lipinski definition) is 1. The highest BCUT2D eigenvalue weighted by molar-refractivity contribution is 5.26. The summed E-state index contributed by atoms with van der Waals surface area (Å²) in [5.74, 6) is 0.776. The number of ether oxygens (including phenoxy) is 1. The van der Waals surface area contributed by atoms with Crippen molar-refractivity contribution < 1.29 is 9.84 Å². The average Bonchev–Trinajstić information content (AvgIpc) is 2.95. The second-order valence-electron chi connectivity index (χ2n) is 7.27. The third-order valence-corrected chi connectivity index (χ3v) is 4.84. The van der Waals surface area contributed by atoms with Gasteiger partial charge >= 0.3 is 0 Å². The lowest BCUT2D eigenvalue weighted by Crippen LogP contribution is -2.33. The molecule has 0 aliphatic heterocycles. The van der Waals surface area contributed by atoms with Gasteiger partial charge in [0, 0.05) is 24.3 Å². The fourth-order valence-electron chi connectivity index (χ4n) is 3.33. The fourth-order valence-corrected chi connectivity index (χ4v) is 3.33. The Kier molecular flexibility index (Phi) is 6.85. The summed E-state index contributed by atoms with van der Waals surface area (Å²) < 4.78 is 7.70. The second-order valence-corrected chi connectivity index (χ2v) is 7.27. The molecule has 0 amide bonds. The minimum Gasteiger partial charge on any atom is -0.491 e. The number of benzene rings is 2. The zero-order valence-corrected chi connectivity index (χ0v) is 16.9. The van der Waals surface area contributed by atoms with Crippen molar-refractivity contribution in [2.75, 3.05) is 20.2 Å². The van der Waals surface area contributed by atoms with E-state index >= 15 is 0 Å². The van der Waals surface area contributed by atoms with Gasteiger partial charge in [0.05, 0.1) is 12.2 Å². The first-order valence-corrected chi connectivity index (χ1v) is 9.64. The van der Waals surface area contributed by atoms with E-state index in [4.69, 9.17) is 9.84 Å². The van der Waals surface area contributed by atoms with E-state index in [1.807, 2.05) is 50.4 Å². The smallest absolute Gasteiger partial charge is 0.119 e. The molecular formula is C23H29N3O2. The predicted molar refractivity (Wildman–Crippen MR) is 112 cm³/mol. The highest BCUT2D eigenvalue weighted by Gasteiger charge is 2.16. The lowest BCUT2D eigenvalue weighted by atomic mass is 10.1. The van der Waals surface area contributed by atoms with E-state index in [-0.39, 0.29) is 6.61 Å². The van der Waals surface area contributed by atoms with Gasteiger partial charge in [0.25, 0.3) is 0 Å². The number of rotatable bonds is 9. The van der Waals surface area contributed by atoms with Crippen molar-refractivity contribution in [3.8, 4) is 5.75 Å². The summed E-state index contributed by atoms with van der Waals surface area (Å²) in [5, 5.41) is 15.0. The quantitative estimate of drug-likeness (QED) is 0.619. The molecule has 2 aromatic carbocycles. The molecule has 0 saturated heterocycles. The van der Waals surface area contributed by atoms with Crippen LogP contribution in [0.4, 0.5) is 0 Å². The molecule has 0 fully saturated rings. The van der Waals surface area contributed by atoms with Gasteiger partial charge in [-0.05, 0) is 38.6 Å². The standard InChI is InChI=1S/C23H29N3O2/c1-18-23(19(2)26(24-18)14-20-10-6-4-7-11-20)16-25(3)15-21(27)17-28-22-12-8-5-9-13-22/h4-13,21,27H,14-17H2,1-3H3/t21-/m0/s1. The van der Waals surface area contributed by atoms with Crippen LogP contribution in [0.2, 0.25) is 0 Å². The van der Waals surface area contributed by atoms with Crippen LogP contribution in [0.15, 0.2) is 60.7 Å². The first-order valence-electron chi connectivity index (χ1n) is 9.64. The molecule has 1 atom stereocenters. The number of nitrogens with zero attached hydrogens (tertiary/aromatic N) is 3. The molecule has 5 heteroatoms. The van der Waals surface area contributed by atoms with Crippen molar-refractivity contribution >= 4 is 0 Å². The first-order chi connectivity index (χ1) is 13.5. The first kappa shape index (κ1) is 20.1. The Morgan fingerprint density at radius 3 is 2.36 bits per heavy atom. The van der Waals surface area contributed by atoms with E-state index in [1.165, 1.54) is 16.8 Å². The van der Waals surface area contributed by atoms with Crippen LogP contribution in [0.5, 0.6) is 5.75 Å². The minimum atomic E-state index is -0.551. The molecule has 148 valence electrons. The van der Waals surface area contributed by atoms with Gasteiger partial charge in [0.15, 0.2) is 0 Å². The molecule has 0 bridgehead atoms. The van der Waals surface area contributed by atoms with Crippen LogP contribution in [0.1, 0.15) is 22.5 Å². The van der Waals surface area contributed by atoms with Crippen LogP contribution in [0, 0.1) is 13.8 Å². The van der Waals surface area contributed by atoms with Crippen LogP contribution in [-0.2, 0) is 13.1 Å². The number of aliphatic hydroxyl groups excluding tert-OH is 1. The van der Waals surface area contributed by atoms with Gasteiger partial charge in [-0.25, -0.2) is 0 Å². The highest BCUT2D eigenvalue weighted by Crippen LogP contribution is 2.17. The van der Waals surface area contributed by atoms with Crippen LogP contribution in [-0.4, -0.2) is 46.1 Å². The van der Waals surface area contributed by atoms with Gasteiger partial charge < -0.3 is 9.84 Å². The zero-order valence-electron chi connectivity index (χ0n) is 16.9. The van der Waals surface area contributed by atoms with Crippen molar-refractivity contribution in [1.29, 1.82) is 0 Å². The summed E-state index contributed by atoms with van der Waals surface area (Å²) in [7, 11) is 2.01. The molecule has 28 heavy (non-hydrogen) atoms. The summed E-state index contributed by atoms with van der Waals surface area (Å²) in [5.41, 5.74) is 4.66. The van der Waals surface area contributed by atoms with Crippen molar-refractivity contribution in [1.82, 2.24) is 14.7 Å². The number of aryl methyl sites for hydroxylation is 1. The minimum absolute atomic E-state index is 0.277. The molecular weight excluding hydrogens is 350 g/mol. The Labute approximate surface area is 167 Å². The Hall–Kier alpha value is -2.63. The van der Waals surface area contributed by atoms with Crippen molar-refractivity contribution in [2.24, 2.45) is 0 Å². The van der Waals surface area contributed by atoms with Crippen molar-refractivity contribution in [3.05, 3.63) is 83.2 Å². The zero-order chi connectivity index (χ0) is 19.9. The van der Waals surface area contributed by atoms with E-state index in [0.29, 0.717) is 6.54 Å². The van der Waals surface area contributed by atoms with E-state index in [1.54, 1.807) is 0 Å². The normalized spacial score (nSPS) is 12.3. The fraction of sp³-hybridized carbons (Fsp3) is 0.348. The molecule has 3 rings (SSSR count). The highest BCUT2D eigenvalue weighted by atomic mass is 16.5.